The normalized spacial score (nSPS) is 12.1. The van der Waals surface area contributed by atoms with E-state index < -0.39 is 6.10 Å². The molecule has 120 valence electrons. The number of rotatable bonds is 5. The van der Waals surface area contributed by atoms with Crippen LogP contribution in [0.15, 0.2) is 86.0 Å². The standard InChI is InChI=1S/C11H12O2.C9H10O/c1-3-11(13-9(2)12)10-7-5-4-6-8-10;1-2-9(10)8-6-4-3-5-7-8/h3-8,11H,1H2,2H3;2-7,9-10H,1H2. The minimum atomic E-state index is -0.527. The Labute approximate surface area is 137 Å². The number of carbonyl (C=O) groups is 1. The number of hydrogen-bond acceptors (Lipinski definition) is 3. The summed E-state index contributed by atoms with van der Waals surface area (Å²) in [5.41, 5.74) is 1.82. The van der Waals surface area contributed by atoms with Gasteiger partial charge in [-0.1, -0.05) is 73.3 Å². The largest absolute Gasteiger partial charge is 0.453 e. The smallest absolute Gasteiger partial charge is 0.303 e. The van der Waals surface area contributed by atoms with Gasteiger partial charge in [0.15, 0.2) is 0 Å². The van der Waals surface area contributed by atoms with Crippen molar-refractivity contribution in [2.75, 3.05) is 0 Å². The topological polar surface area (TPSA) is 46.5 Å². The van der Waals surface area contributed by atoms with E-state index in [1.54, 1.807) is 6.08 Å². The van der Waals surface area contributed by atoms with E-state index in [4.69, 9.17) is 4.74 Å². The van der Waals surface area contributed by atoms with Crippen molar-refractivity contribution in [2.24, 2.45) is 0 Å². The Balaban J connectivity index is 0.000000238. The lowest BCUT2D eigenvalue weighted by Crippen LogP contribution is -2.05. The molecule has 0 saturated heterocycles. The zero-order valence-corrected chi connectivity index (χ0v) is 13.3. The van der Waals surface area contributed by atoms with Crippen LogP contribution in [-0.4, -0.2) is 11.1 Å². The molecule has 0 spiro atoms. The van der Waals surface area contributed by atoms with Gasteiger partial charge in [0.25, 0.3) is 0 Å². The van der Waals surface area contributed by atoms with Gasteiger partial charge in [0.2, 0.25) is 0 Å². The lowest BCUT2D eigenvalue weighted by Gasteiger charge is -2.12. The Hall–Kier alpha value is -2.65. The van der Waals surface area contributed by atoms with Crippen LogP contribution in [0.2, 0.25) is 0 Å². The first-order chi connectivity index (χ1) is 11.1. The fraction of sp³-hybridized carbons (Fsp3) is 0.150. The lowest BCUT2D eigenvalue weighted by atomic mass is 10.1. The molecule has 0 heterocycles. The summed E-state index contributed by atoms with van der Waals surface area (Å²) < 4.78 is 5.03. The first kappa shape index (κ1) is 18.4. The quantitative estimate of drug-likeness (QED) is 0.658. The van der Waals surface area contributed by atoms with E-state index in [-0.39, 0.29) is 12.1 Å². The molecule has 0 aliphatic carbocycles. The second-order valence-corrected chi connectivity index (χ2v) is 4.77. The van der Waals surface area contributed by atoms with Gasteiger partial charge in [0.05, 0.1) is 6.10 Å². The summed E-state index contributed by atoms with van der Waals surface area (Å²) >= 11 is 0. The van der Waals surface area contributed by atoms with Gasteiger partial charge in [-0.05, 0) is 17.2 Å². The first-order valence-electron chi connectivity index (χ1n) is 7.28. The minimum absolute atomic E-state index is 0.297. The average Bonchev–Trinajstić information content (AvgIpc) is 2.61. The van der Waals surface area contributed by atoms with E-state index >= 15 is 0 Å². The monoisotopic (exact) mass is 310 g/mol. The van der Waals surface area contributed by atoms with Crippen molar-refractivity contribution in [1.29, 1.82) is 0 Å². The average molecular weight is 310 g/mol. The fourth-order valence-electron chi connectivity index (χ4n) is 1.86. The third-order valence-corrected chi connectivity index (χ3v) is 3.00. The van der Waals surface area contributed by atoms with Crippen LogP contribution in [0.4, 0.5) is 0 Å². The summed E-state index contributed by atoms with van der Waals surface area (Å²) in [6.07, 6.45) is 2.26. The Morgan fingerprint density at radius 3 is 1.83 bits per heavy atom. The van der Waals surface area contributed by atoms with E-state index in [1.807, 2.05) is 60.7 Å². The van der Waals surface area contributed by atoms with Crippen molar-refractivity contribution in [3.63, 3.8) is 0 Å². The SMILES string of the molecule is C=CC(O)c1ccccc1.C=CC(OC(C)=O)c1ccccc1. The van der Waals surface area contributed by atoms with Gasteiger partial charge in [0.1, 0.15) is 6.10 Å². The number of aliphatic hydroxyl groups is 1. The molecule has 0 aliphatic heterocycles. The van der Waals surface area contributed by atoms with Gasteiger partial charge in [-0.25, -0.2) is 0 Å². The molecular weight excluding hydrogens is 288 g/mol. The number of hydrogen-bond donors (Lipinski definition) is 1. The molecule has 0 aromatic heterocycles. The van der Waals surface area contributed by atoms with E-state index in [2.05, 4.69) is 13.2 Å². The highest BCUT2D eigenvalue weighted by Gasteiger charge is 2.08. The number of esters is 1. The first-order valence-corrected chi connectivity index (χ1v) is 7.28. The summed E-state index contributed by atoms with van der Waals surface area (Å²) in [5.74, 6) is -0.297. The predicted octanol–water partition coefficient (Wildman–Crippen LogP) is 4.38. The van der Waals surface area contributed by atoms with Crippen LogP contribution in [0.3, 0.4) is 0 Å². The predicted molar refractivity (Wildman–Crippen MR) is 92.7 cm³/mol. The summed E-state index contributed by atoms with van der Waals surface area (Å²) in [5, 5.41) is 9.21. The number of carbonyl (C=O) groups excluding carboxylic acids is 1. The summed E-state index contributed by atoms with van der Waals surface area (Å²) in [6.45, 7) is 8.49. The van der Waals surface area contributed by atoms with Crippen LogP contribution < -0.4 is 0 Å². The maximum absolute atomic E-state index is 10.7. The molecule has 3 heteroatoms. The molecule has 1 N–H and O–H groups in total. The molecular formula is C20H22O3. The zero-order chi connectivity index (χ0) is 17.1. The molecule has 0 radical (unpaired) electrons. The molecule has 0 bridgehead atoms. The highest BCUT2D eigenvalue weighted by Crippen LogP contribution is 2.17. The van der Waals surface area contributed by atoms with Crippen LogP contribution in [0.1, 0.15) is 30.3 Å². The third-order valence-electron chi connectivity index (χ3n) is 3.00. The van der Waals surface area contributed by atoms with Crippen molar-refractivity contribution in [3.05, 3.63) is 97.1 Å². The molecule has 2 rings (SSSR count). The van der Waals surface area contributed by atoms with E-state index in [1.165, 1.54) is 13.0 Å². The van der Waals surface area contributed by atoms with Crippen molar-refractivity contribution >= 4 is 5.97 Å². The summed E-state index contributed by atoms with van der Waals surface area (Å²) in [6, 6.07) is 18.9. The molecule has 0 aliphatic rings. The van der Waals surface area contributed by atoms with Gasteiger partial charge < -0.3 is 9.84 Å². The van der Waals surface area contributed by atoms with E-state index in [9.17, 15) is 9.90 Å². The molecule has 0 saturated carbocycles. The molecule has 2 aromatic rings. The molecule has 2 atom stereocenters. The molecule has 3 nitrogen and oxygen atoms in total. The summed E-state index contributed by atoms with van der Waals surface area (Å²) in [4.78, 5) is 10.7. The fourth-order valence-corrected chi connectivity index (χ4v) is 1.86. The van der Waals surface area contributed by atoms with Crippen LogP contribution >= 0.6 is 0 Å². The number of aliphatic hydroxyl groups excluding tert-OH is 1. The van der Waals surface area contributed by atoms with Gasteiger partial charge in [0, 0.05) is 6.92 Å². The molecule has 0 fully saturated rings. The van der Waals surface area contributed by atoms with Gasteiger partial charge in [-0.3, -0.25) is 4.79 Å². The minimum Gasteiger partial charge on any atom is -0.453 e. The second kappa shape index (κ2) is 10.1. The second-order valence-electron chi connectivity index (χ2n) is 4.77. The highest BCUT2D eigenvalue weighted by atomic mass is 16.5. The van der Waals surface area contributed by atoms with Crippen molar-refractivity contribution in [1.82, 2.24) is 0 Å². The molecule has 2 aromatic carbocycles. The zero-order valence-electron chi connectivity index (χ0n) is 13.3. The molecule has 2 unspecified atom stereocenters. The van der Waals surface area contributed by atoms with E-state index in [0.717, 1.165) is 11.1 Å². The number of ether oxygens (including phenoxy) is 1. The third kappa shape index (κ3) is 6.76. The van der Waals surface area contributed by atoms with Crippen LogP contribution in [0, 0.1) is 0 Å². The van der Waals surface area contributed by atoms with E-state index in [0.29, 0.717) is 0 Å². The van der Waals surface area contributed by atoms with Gasteiger partial charge >= 0.3 is 5.97 Å². The van der Waals surface area contributed by atoms with Crippen LogP contribution in [-0.2, 0) is 9.53 Å². The maximum Gasteiger partial charge on any atom is 0.303 e. The molecule has 23 heavy (non-hydrogen) atoms. The van der Waals surface area contributed by atoms with Crippen LogP contribution in [0.25, 0.3) is 0 Å². The Kier molecular flexibility index (Phi) is 8.11. The van der Waals surface area contributed by atoms with Crippen molar-refractivity contribution in [3.8, 4) is 0 Å². The highest BCUT2D eigenvalue weighted by molar-refractivity contribution is 5.66. The van der Waals surface area contributed by atoms with Crippen molar-refractivity contribution in [2.45, 2.75) is 19.1 Å². The Morgan fingerprint density at radius 1 is 0.957 bits per heavy atom. The Bertz CT molecular complexity index is 605. The van der Waals surface area contributed by atoms with Gasteiger partial charge in [-0.15, -0.1) is 6.58 Å². The lowest BCUT2D eigenvalue weighted by molar-refractivity contribution is -0.144. The maximum atomic E-state index is 10.7. The number of benzene rings is 2. The van der Waals surface area contributed by atoms with Crippen molar-refractivity contribution < 1.29 is 14.6 Å². The summed E-state index contributed by atoms with van der Waals surface area (Å²) in [7, 11) is 0. The Morgan fingerprint density at radius 2 is 1.43 bits per heavy atom. The van der Waals surface area contributed by atoms with Crippen LogP contribution in [0.5, 0.6) is 0 Å². The molecule has 0 amide bonds. The van der Waals surface area contributed by atoms with Gasteiger partial charge in [-0.2, -0.15) is 0 Å².